The fraction of sp³-hybridized carbons (Fsp3) is 0.833. The summed E-state index contributed by atoms with van der Waals surface area (Å²) in [6, 6.07) is 0. The van der Waals surface area contributed by atoms with Gasteiger partial charge >= 0.3 is 29.6 Å². The van der Waals surface area contributed by atoms with E-state index in [2.05, 4.69) is 11.1 Å². The van der Waals surface area contributed by atoms with E-state index in [1.165, 1.54) is 38.5 Å². The van der Waals surface area contributed by atoms with E-state index in [9.17, 15) is 13.0 Å². The molecule has 0 aromatic rings. The van der Waals surface area contributed by atoms with E-state index in [-0.39, 0.29) is 29.6 Å². The van der Waals surface area contributed by atoms with Crippen molar-refractivity contribution in [3.05, 3.63) is 12.3 Å². The Morgan fingerprint density at radius 1 is 1.00 bits per heavy atom. The number of rotatable bonds is 11. The van der Waals surface area contributed by atoms with Gasteiger partial charge in [-0.3, -0.25) is 0 Å². The first-order valence-corrected chi connectivity index (χ1v) is 7.68. The van der Waals surface area contributed by atoms with Crippen LogP contribution in [-0.4, -0.2) is 13.0 Å². The normalized spacial score (nSPS) is 11.4. The number of allylic oxidation sites excluding steroid dienone is 1. The zero-order valence-electron chi connectivity index (χ0n) is 11.6. The standard InChI is InChI=1S/C12H24O4S.Na/c1-2-3-4-5-6-7-8-9-10-11-12-16-17(13,14)15;/h11-12H,2-10H2,1H3,(H,13,14,15);/q;+1/p-1. The molecule has 0 atom stereocenters. The molecule has 0 aromatic carbocycles. The average molecular weight is 286 g/mol. The molecule has 6 heteroatoms. The first-order chi connectivity index (χ1) is 8.06. The van der Waals surface area contributed by atoms with E-state index in [1.807, 2.05) is 0 Å². The third-order valence-corrected chi connectivity index (χ3v) is 2.84. The molecule has 0 unspecified atom stereocenters. The maximum Gasteiger partial charge on any atom is 1.00 e. The Morgan fingerprint density at radius 2 is 1.50 bits per heavy atom. The summed E-state index contributed by atoms with van der Waals surface area (Å²) in [6.45, 7) is 2.20. The molecule has 0 heterocycles. The smallest absolute Gasteiger partial charge is 0.716 e. The van der Waals surface area contributed by atoms with Crippen LogP contribution in [0.15, 0.2) is 12.3 Å². The minimum Gasteiger partial charge on any atom is -0.716 e. The van der Waals surface area contributed by atoms with Gasteiger partial charge in [0.1, 0.15) is 6.26 Å². The first-order valence-electron chi connectivity index (χ1n) is 6.35. The molecule has 0 fully saturated rings. The zero-order valence-corrected chi connectivity index (χ0v) is 14.4. The Labute approximate surface area is 133 Å². The van der Waals surface area contributed by atoms with Crippen molar-refractivity contribution in [3.63, 3.8) is 0 Å². The SMILES string of the molecule is CCCCCCCCCCC=COS(=O)(=O)[O-].[Na+]. The van der Waals surface area contributed by atoms with Gasteiger partial charge in [0, 0.05) is 0 Å². The monoisotopic (exact) mass is 286 g/mol. The molecule has 0 saturated heterocycles. The van der Waals surface area contributed by atoms with Crippen LogP contribution >= 0.6 is 0 Å². The maximum atomic E-state index is 10.1. The van der Waals surface area contributed by atoms with Crippen molar-refractivity contribution in [3.8, 4) is 0 Å². The number of hydrogen-bond acceptors (Lipinski definition) is 4. The maximum absolute atomic E-state index is 10.1. The van der Waals surface area contributed by atoms with Crippen LogP contribution < -0.4 is 29.6 Å². The van der Waals surface area contributed by atoms with Gasteiger partial charge in [-0.2, -0.15) is 0 Å². The fourth-order valence-corrected chi connectivity index (χ4v) is 1.79. The van der Waals surface area contributed by atoms with Crippen LogP contribution in [0, 0.1) is 0 Å². The summed E-state index contributed by atoms with van der Waals surface area (Å²) < 4.78 is 34.1. The molecular formula is C12H23NaO4S. The summed E-state index contributed by atoms with van der Waals surface area (Å²) in [7, 11) is -4.57. The van der Waals surface area contributed by atoms with Crippen molar-refractivity contribution < 1.29 is 46.7 Å². The molecule has 4 nitrogen and oxygen atoms in total. The van der Waals surface area contributed by atoms with Crippen molar-refractivity contribution in [1.29, 1.82) is 0 Å². The Hall–Kier alpha value is 0.450. The molecule has 0 saturated carbocycles. The fourth-order valence-electron chi connectivity index (χ4n) is 1.57. The van der Waals surface area contributed by atoms with Gasteiger partial charge in [-0.15, -0.1) is 0 Å². The molecule has 0 radical (unpaired) electrons. The van der Waals surface area contributed by atoms with Crippen LogP contribution in [0.2, 0.25) is 0 Å². The second-order valence-electron chi connectivity index (χ2n) is 4.14. The summed E-state index contributed by atoms with van der Waals surface area (Å²) in [6.07, 6.45) is 13.2. The Bertz CT molecular complexity index is 288. The molecule has 0 aromatic heterocycles. The molecule has 102 valence electrons. The summed E-state index contributed by atoms with van der Waals surface area (Å²) >= 11 is 0. The molecule has 0 aliphatic heterocycles. The minimum atomic E-state index is -4.57. The molecule has 0 spiro atoms. The Kier molecular flexibility index (Phi) is 16.0. The van der Waals surface area contributed by atoms with Crippen LogP contribution in [-0.2, 0) is 14.6 Å². The van der Waals surface area contributed by atoms with Crippen molar-refractivity contribution in [2.45, 2.75) is 64.7 Å². The van der Waals surface area contributed by atoms with Crippen LogP contribution in [0.25, 0.3) is 0 Å². The van der Waals surface area contributed by atoms with Gasteiger partial charge in [-0.25, -0.2) is 8.42 Å². The number of hydrogen-bond donors (Lipinski definition) is 0. The van der Waals surface area contributed by atoms with Crippen LogP contribution in [0.3, 0.4) is 0 Å². The first kappa shape index (κ1) is 20.8. The molecule has 0 aliphatic rings. The van der Waals surface area contributed by atoms with Gasteiger partial charge in [0.05, 0.1) is 0 Å². The number of unbranched alkanes of at least 4 members (excludes halogenated alkanes) is 8. The van der Waals surface area contributed by atoms with Crippen LogP contribution in [0.1, 0.15) is 64.7 Å². The Balaban J connectivity index is 0. The van der Waals surface area contributed by atoms with Crippen LogP contribution in [0.5, 0.6) is 0 Å². The summed E-state index contributed by atoms with van der Waals surface area (Å²) in [5.41, 5.74) is 0. The van der Waals surface area contributed by atoms with Gasteiger partial charge in [-0.1, -0.05) is 51.9 Å². The quantitative estimate of drug-likeness (QED) is 0.182. The molecule has 0 N–H and O–H groups in total. The molecule has 18 heavy (non-hydrogen) atoms. The second-order valence-corrected chi connectivity index (χ2v) is 5.15. The average Bonchev–Trinajstić information content (AvgIpc) is 2.24. The van der Waals surface area contributed by atoms with E-state index in [1.54, 1.807) is 6.08 Å². The van der Waals surface area contributed by atoms with E-state index in [4.69, 9.17) is 0 Å². The van der Waals surface area contributed by atoms with Gasteiger partial charge in [-0.05, 0) is 18.9 Å². The molecular weight excluding hydrogens is 263 g/mol. The summed E-state index contributed by atoms with van der Waals surface area (Å²) in [5, 5.41) is 0. The van der Waals surface area contributed by atoms with Gasteiger partial charge in [0.2, 0.25) is 0 Å². The van der Waals surface area contributed by atoms with E-state index in [0.29, 0.717) is 0 Å². The predicted octanol–water partition coefficient (Wildman–Crippen LogP) is 0.512. The van der Waals surface area contributed by atoms with Gasteiger partial charge < -0.3 is 8.74 Å². The van der Waals surface area contributed by atoms with Crippen molar-refractivity contribution in [2.24, 2.45) is 0 Å². The molecule has 0 bridgehead atoms. The third kappa shape index (κ3) is 18.8. The van der Waals surface area contributed by atoms with Crippen molar-refractivity contribution in [1.82, 2.24) is 0 Å². The van der Waals surface area contributed by atoms with E-state index < -0.39 is 10.4 Å². The molecule has 0 rings (SSSR count). The molecule has 0 amide bonds. The third-order valence-electron chi connectivity index (χ3n) is 2.49. The van der Waals surface area contributed by atoms with Gasteiger partial charge in [0.15, 0.2) is 0 Å². The van der Waals surface area contributed by atoms with Crippen molar-refractivity contribution >= 4 is 10.4 Å². The Morgan fingerprint density at radius 3 is 2.00 bits per heavy atom. The second kappa shape index (κ2) is 13.9. The summed E-state index contributed by atoms with van der Waals surface area (Å²) in [4.78, 5) is 0. The van der Waals surface area contributed by atoms with E-state index >= 15 is 0 Å². The minimum absolute atomic E-state index is 0. The largest absolute Gasteiger partial charge is 1.00 e. The van der Waals surface area contributed by atoms with E-state index in [0.717, 1.165) is 25.5 Å². The summed E-state index contributed by atoms with van der Waals surface area (Å²) in [5.74, 6) is 0. The van der Waals surface area contributed by atoms with Gasteiger partial charge in [0.25, 0.3) is 10.4 Å². The molecule has 0 aliphatic carbocycles. The topological polar surface area (TPSA) is 66.4 Å². The predicted molar refractivity (Wildman–Crippen MR) is 67.1 cm³/mol. The zero-order chi connectivity index (χ0) is 13.0. The van der Waals surface area contributed by atoms with Crippen molar-refractivity contribution in [2.75, 3.05) is 0 Å². The van der Waals surface area contributed by atoms with Crippen LogP contribution in [0.4, 0.5) is 0 Å².